The molecule has 7 atom stereocenters. The number of amides is 2. The van der Waals surface area contributed by atoms with Gasteiger partial charge in [-0.25, -0.2) is 0 Å². The van der Waals surface area contributed by atoms with Crippen LogP contribution in [-0.2, 0) is 23.7 Å². The summed E-state index contributed by atoms with van der Waals surface area (Å²) in [5.74, 6) is -0.375. The molecule has 10 heteroatoms. The molecule has 0 bridgehead atoms. The van der Waals surface area contributed by atoms with Gasteiger partial charge in [-0.05, 0) is 38.1 Å². The Kier molecular flexibility index (Phi) is 7.30. The molecule has 0 aliphatic carbocycles. The largest absolute Gasteiger partial charge is 0.394 e. The number of fused-ring (bicyclic) bond motifs is 3. The zero-order chi connectivity index (χ0) is 26.3. The van der Waals surface area contributed by atoms with Gasteiger partial charge >= 0.3 is 0 Å². The van der Waals surface area contributed by atoms with Crippen LogP contribution in [0, 0.1) is 6.92 Å². The summed E-state index contributed by atoms with van der Waals surface area (Å²) in [5.41, 5.74) is 2.86. The molecular formula is C27H32N2O8. The van der Waals surface area contributed by atoms with E-state index in [1.807, 2.05) is 19.1 Å². The highest BCUT2D eigenvalue weighted by Gasteiger charge is 2.58. The highest BCUT2D eigenvalue weighted by Crippen LogP contribution is 2.43. The number of hydrogen-bond acceptors (Lipinski definition) is 8. The van der Waals surface area contributed by atoms with Crippen LogP contribution in [0.15, 0.2) is 48.5 Å². The number of aliphatic hydroxyl groups excluding tert-OH is 1. The van der Waals surface area contributed by atoms with Crippen molar-refractivity contribution < 1.29 is 38.4 Å². The van der Waals surface area contributed by atoms with Crippen molar-refractivity contribution in [3.05, 3.63) is 70.8 Å². The average molecular weight is 513 g/mol. The Balaban J connectivity index is 1.18. The number of benzene rings is 2. The summed E-state index contributed by atoms with van der Waals surface area (Å²) in [5, 5.41) is 9.60. The number of aryl methyl sites for hydroxylation is 1. The zero-order valence-electron chi connectivity index (χ0n) is 21.3. The van der Waals surface area contributed by atoms with E-state index in [9.17, 15) is 14.7 Å². The van der Waals surface area contributed by atoms with E-state index in [0.29, 0.717) is 11.1 Å². The Bertz CT molecular complexity index is 1120. The predicted molar refractivity (Wildman–Crippen MR) is 130 cm³/mol. The van der Waals surface area contributed by atoms with E-state index in [1.54, 1.807) is 57.4 Å². The van der Waals surface area contributed by atoms with Crippen molar-refractivity contribution in [2.75, 3.05) is 27.4 Å². The van der Waals surface area contributed by atoms with E-state index in [0.717, 1.165) is 11.1 Å². The summed E-state index contributed by atoms with van der Waals surface area (Å²) in [7, 11) is 3.32. The van der Waals surface area contributed by atoms with Gasteiger partial charge in [0.15, 0.2) is 18.9 Å². The van der Waals surface area contributed by atoms with Crippen molar-refractivity contribution >= 4 is 11.8 Å². The highest BCUT2D eigenvalue weighted by molar-refractivity contribution is 5.96. The fraction of sp³-hybridized carbons (Fsp3) is 0.481. The third-order valence-electron chi connectivity index (χ3n) is 6.85. The van der Waals surface area contributed by atoms with Gasteiger partial charge < -0.3 is 38.6 Å². The maximum atomic E-state index is 13.0. The second kappa shape index (κ2) is 10.5. The topological polar surface area (TPSA) is 107 Å². The van der Waals surface area contributed by atoms with Gasteiger partial charge in [-0.1, -0.05) is 29.8 Å². The van der Waals surface area contributed by atoms with Gasteiger partial charge in [0.05, 0.1) is 13.3 Å². The Morgan fingerprint density at radius 3 is 1.97 bits per heavy atom. The molecule has 3 aliphatic heterocycles. The van der Waals surface area contributed by atoms with Gasteiger partial charge in [0.2, 0.25) is 0 Å². The standard InChI is InChI=1S/C27H32N2O8/c1-15-5-7-17(8-6-15)24(31)28(3)14-29(4)25(32)18-9-11-19(12-10-18)26-36-23-22-21(35-27(23)37-26)20(13-30)33-16(2)34-22/h5-12,16,20-23,26-27,30H,13-14H2,1-4H3. The second-order valence-corrected chi connectivity index (χ2v) is 9.70. The number of rotatable bonds is 6. The Hall–Kier alpha value is -2.86. The second-order valence-electron chi connectivity index (χ2n) is 9.70. The van der Waals surface area contributed by atoms with E-state index in [4.69, 9.17) is 23.7 Å². The van der Waals surface area contributed by atoms with Crippen LogP contribution in [0.4, 0.5) is 0 Å². The Morgan fingerprint density at radius 2 is 1.38 bits per heavy atom. The SMILES string of the molecule is Cc1ccc(C(=O)N(C)CN(C)C(=O)c2ccc(C3OC4OC5C(CO)OC(C)OC5C4O3)cc2)cc1. The molecule has 5 rings (SSSR count). The first kappa shape index (κ1) is 25.8. The smallest absolute Gasteiger partial charge is 0.255 e. The molecule has 37 heavy (non-hydrogen) atoms. The third-order valence-corrected chi connectivity index (χ3v) is 6.85. The molecule has 3 heterocycles. The van der Waals surface area contributed by atoms with Crippen LogP contribution in [-0.4, -0.2) is 91.1 Å². The number of carbonyl (C=O) groups excluding carboxylic acids is 2. The normalized spacial score (nSPS) is 30.5. The summed E-state index contributed by atoms with van der Waals surface area (Å²) in [6.07, 6.45) is -3.64. The molecule has 2 aromatic rings. The number of hydrogen-bond donors (Lipinski definition) is 1. The Labute approximate surface area is 215 Å². The van der Waals surface area contributed by atoms with Crippen molar-refractivity contribution in [1.82, 2.24) is 9.80 Å². The lowest BCUT2D eigenvalue weighted by Crippen LogP contribution is -2.51. The fourth-order valence-corrected chi connectivity index (χ4v) is 4.90. The lowest BCUT2D eigenvalue weighted by atomic mass is 10.0. The number of aliphatic hydroxyl groups is 1. The van der Waals surface area contributed by atoms with Crippen LogP contribution < -0.4 is 0 Å². The molecule has 10 nitrogen and oxygen atoms in total. The molecule has 7 unspecified atom stereocenters. The lowest BCUT2D eigenvalue weighted by Gasteiger charge is -2.37. The third kappa shape index (κ3) is 5.13. The summed E-state index contributed by atoms with van der Waals surface area (Å²) in [4.78, 5) is 28.7. The Morgan fingerprint density at radius 1 is 0.784 bits per heavy atom. The van der Waals surface area contributed by atoms with E-state index in [1.165, 1.54) is 9.80 Å². The number of nitrogens with zero attached hydrogens (tertiary/aromatic N) is 2. The van der Waals surface area contributed by atoms with E-state index < -0.39 is 43.3 Å². The van der Waals surface area contributed by atoms with Gasteiger partial charge in [-0.15, -0.1) is 0 Å². The van der Waals surface area contributed by atoms with Crippen molar-refractivity contribution in [3.8, 4) is 0 Å². The molecule has 0 radical (unpaired) electrons. The first-order chi connectivity index (χ1) is 17.7. The first-order valence-electron chi connectivity index (χ1n) is 12.3. The van der Waals surface area contributed by atoms with Crippen LogP contribution >= 0.6 is 0 Å². The maximum Gasteiger partial charge on any atom is 0.255 e. The molecule has 3 saturated heterocycles. The minimum Gasteiger partial charge on any atom is -0.394 e. The van der Waals surface area contributed by atoms with Crippen molar-refractivity contribution in [2.45, 2.75) is 57.1 Å². The van der Waals surface area contributed by atoms with E-state index >= 15 is 0 Å². The van der Waals surface area contributed by atoms with Crippen molar-refractivity contribution in [3.63, 3.8) is 0 Å². The number of ether oxygens (including phenoxy) is 5. The monoisotopic (exact) mass is 512 g/mol. The molecule has 2 aromatic carbocycles. The lowest BCUT2D eigenvalue weighted by molar-refractivity contribution is -0.296. The molecule has 2 amide bonds. The fourth-order valence-electron chi connectivity index (χ4n) is 4.90. The quantitative estimate of drug-likeness (QED) is 0.587. The number of carbonyl (C=O) groups is 2. The van der Waals surface area contributed by atoms with Gasteiger partial charge in [-0.2, -0.15) is 0 Å². The van der Waals surface area contributed by atoms with Crippen LogP contribution in [0.2, 0.25) is 0 Å². The zero-order valence-corrected chi connectivity index (χ0v) is 21.3. The molecule has 1 N–H and O–H groups in total. The molecule has 0 aromatic heterocycles. The highest BCUT2D eigenvalue weighted by atomic mass is 16.8. The van der Waals surface area contributed by atoms with Gasteiger partial charge in [0, 0.05) is 30.8 Å². The first-order valence-corrected chi connectivity index (χ1v) is 12.3. The minimum absolute atomic E-state index is 0.141. The van der Waals surface area contributed by atoms with Gasteiger partial charge in [-0.3, -0.25) is 9.59 Å². The molecule has 3 fully saturated rings. The molecule has 0 saturated carbocycles. The van der Waals surface area contributed by atoms with E-state index in [2.05, 4.69) is 0 Å². The summed E-state index contributed by atoms with van der Waals surface area (Å²) >= 11 is 0. The predicted octanol–water partition coefficient (Wildman–Crippen LogP) is 2.06. The van der Waals surface area contributed by atoms with Crippen molar-refractivity contribution in [2.24, 2.45) is 0 Å². The molecular weight excluding hydrogens is 480 g/mol. The summed E-state index contributed by atoms with van der Waals surface area (Å²) in [6, 6.07) is 14.3. The average Bonchev–Trinajstić information content (AvgIpc) is 3.46. The minimum atomic E-state index is -0.676. The molecule has 3 aliphatic rings. The summed E-state index contributed by atoms with van der Waals surface area (Å²) < 4.78 is 29.4. The van der Waals surface area contributed by atoms with Crippen molar-refractivity contribution in [1.29, 1.82) is 0 Å². The maximum absolute atomic E-state index is 13.0. The summed E-state index contributed by atoms with van der Waals surface area (Å²) in [6.45, 7) is 3.69. The van der Waals surface area contributed by atoms with Crippen LogP contribution in [0.25, 0.3) is 0 Å². The van der Waals surface area contributed by atoms with E-state index in [-0.39, 0.29) is 25.1 Å². The van der Waals surface area contributed by atoms with Crippen LogP contribution in [0.5, 0.6) is 0 Å². The molecule has 0 spiro atoms. The van der Waals surface area contributed by atoms with Crippen LogP contribution in [0.1, 0.15) is 45.1 Å². The van der Waals surface area contributed by atoms with Gasteiger partial charge in [0.25, 0.3) is 11.8 Å². The molecule has 198 valence electrons. The van der Waals surface area contributed by atoms with Gasteiger partial charge in [0.1, 0.15) is 24.4 Å². The van der Waals surface area contributed by atoms with Crippen LogP contribution in [0.3, 0.4) is 0 Å².